The summed E-state index contributed by atoms with van der Waals surface area (Å²) in [6.45, 7) is 1.88. The number of rotatable bonds is 5. The van der Waals surface area contributed by atoms with Crippen LogP contribution in [0.1, 0.15) is 19.8 Å². The molecule has 1 rings (SSSR count). The Morgan fingerprint density at radius 1 is 1.61 bits per heavy atom. The molecular weight excluding hydrogens is 234 g/mol. The van der Waals surface area contributed by atoms with Gasteiger partial charge in [0.1, 0.15) is 5.92 Å². The molecule has 0 bridgehead atoms. The molecule has 0 aliphatic heterocycles. The molecule has 1 aromatic rings. The first kappa shape index (κ1) is 13.6. The third-order valence-electron chi connectivity index (χ3n) is 2.37. The lowest BCUT2D eigenvalue weighted by Gasteiger charge is -2.08. The molecule has 18 heavy (non-hydrogen) atoms. The summed E-state index contributed by atoms with van der Waals surface area (Å²) in [5, 5.41) is 21.9. The highest BCUT2D eigenvalue weighted by Gasteiger charge is 2.17. The average molecular weight is 247 g/mol. The molecule has 0 heterocycles. The zero-order valence-electron chi connectivity index (χ0n) is 9.92. The lowest BCUT2D eigenvalue weighted by molar-refractivity contribution is -0.384. The number of hydrogen-bond donors (Lipinski definition) is 1. The third kappa shape index (κ3) is 3.56. The lowest BCUT2D eigenvalue weighted by Crippen LogP contribution is -2.21. The Morgan fingerprint density at radius 3 is 2.89 bits per heavy atom. The number of nitro groups is 1. The molecular formula is C12H13N3O3. The van der Waals surface area contributed by atoms with Crippen LogP contribution in [0.3, 0.4) is 0 Å². The number of carbonyl (C=O) groups excluding carboxylic acids is 1. The summed E-state index contributed by atoms with van der Waals surface area (Å²) in [6.07, 6.45) is 1.19. The van der Waals surface area contributed by atoms with E-state index in [1.807, 2.05) is 13.0 Å². The summed E-state index contributed by atoms with van der Waals surface area (Å²) in [6, 6.07) is 7.54. The van der Waals surface area contributed by atoms with E-state index in [2.05, 4.69) is 5.32 Å². The van der Waals surface area contributed by atoms with Gasteiger partial charge in [0.2, 0.25) is 5.91 Å². The van der Waals surface area contributed by atoms with Gasteiger partial charge in [-0.05, 0) is 12.5 Å². The minimum absolute atomic E-state index is 0.100. The van der Waals surface area contributed by atoms with Gasteiger partial charge in [-0.25, -0.2) is 0 Å². The second-order valence-corrected chi connectivity index (χ2v) is 3.77. The summed E-state index contributed by atoms with van der Waals surface area (Å²) >= 11 is 0. The van der Waals surface area contributed by atoms with Gasteiger partial charge in [-0.1, -0.05) is 19.4 Å². The summed E-state index contributed by atoms with van der Waals surface area (Å²) in [5.41, 5.74) is 0.224. The molecule has 0 fully saturated rings. The third-order valence-corrected chi connectivity index (χ3v) is 2.37. The lowest BCUT2D eigenvalue weighted by atomic mass is 10.0. The maximum atomic E-state index is 11.7. The van der Waals surface area contributed by atoms with E-state index in [9.17, 15) is 14.9 Å². The largest absolute Gasteiger partial charge is 0.325 e. The predicted octanol–water partition coefficient (Wildman–Crippen LogP) is 2.47. The van der Waals surface area contributed by atoms with Crippen molar-refractivity contribution in [1.29, 1.82) is 5.26 Å². The minimum Gasteiger partial charge on any atom is -0.325 e. The fourth-order valence-corrected chi connectivity index (χ4v) is 1.47. The van der Waals surface area contributed by atoms with Crippen molar-refractivity contribution in [3.63, 3.8) is 0 Å². The highest BCUT2D eigenvalue weighted by molar-refractivity contribution is 5.94. The standard InChI is InChI=1S/C12H13N3O3/c1-2-4-9(8-13)12(16)14-10-5-3-6-11(7-10)15(17)18/h3,5-7,9H,2,4H2,1H3,(H,14,16). The van der Waals surface area contributed by atoms with E-state index in [-0.39, 0.29) is 5.69 Å². The number of hydrogen-bond acceptors (Lipinski definition) is 4. The number of nitro benzene ring substituents is 1. The summed E-state index contributed by atoms with van der Waals surface area (Å²) in [4.78, 5) is 21.7. The molecule has 0 aliphatic carbocycles. The van der Waals surface area contributed by atoms with Gasteiger partial charge in [0.05, 0.1) is 11.0 Å². The molecule has 1 aromatic carbocycles. The van der Waals surface area contributed by atoms with E-state index < -0.39 is 16.7 Å². The molecule has 1 amide bonds. The second-order valence-electron chi connectivity index (χ2n) is 3.77. The molecule has 6 nitrogen and oxygen atoms in total. The molecule has 0 saturated heterocycles. The van der Waals surface area contributed by atoms with Gasteiger partial charge in [0.15, 0.2) is 0 Å². The molecule has 6 heteroatoms. The molecule has 0 aromatic heterocycles. The summed E-state index contributed by atoms with van der Waals surface area (Å²) in [7, 11) is 0. The van der Waals surface area contributed by atoms with E-state index in [4.69, 9.17) is 5.26 Å². The van der Waals surface area contributed by atoms with Gasteiger partial charge < -0.3 is 5.32 Å². The van der Waals surface area contributed by atoms with Crippen LogP contribution in [-0.2, 0) is 4.79 Å². The molecule has 0 aliphatic rings. The Kier molecular flexibility index (Phi) is 4.81. The number of carbonyl (C=O) groups is 1. The Balaban J connectivity index is 2.78. The first-order valence-corrected chi connectivity index (χ1v) is 5.53. The zero-order valence-corrected chi connectivity index (χ0v) is 9.92. The van der Waals surface area contributed by atoms with Crippen LogP contribution < -0.4 is 5.32 Å². The SMILES string of the molecule is CCCC(C#N)C(=O)Nc1cccc([N+](=O)[O-])c1. The van der Waals surface area contributed by atoms with Crippen molar-refractivity contribution in [2.75, 3.05) is 5.32 Å². The molecule has 1 atom stereocenters. The molecule has 1 unspecified atom stereocenters. The van der Waals surface area contributed by atoms with Gasteiger partial charge in [0.25, 0.3) is 5.69 Å². The van der Waals surface area contributed by atoms with E-state index >= 15 is 0 Å². The highest BCUT2D eigenvalue weighted by atomic mass is 16.6. The van der Waals surface area contributed by atoms with Crippen molar-refractivity contribution in [2.45, 2.75) is 19.8 Å². The van der Waals surface area contributed by atoms with Crippen molar-refractivity contribution >= 4 is 17.3 Å². The van der Waals surface area contributed by atoms with Gasteiger partial charge in [-0.2, -0.15) is 5.26 Å². The number of amides is 1. The fourth-order valence-electron chi connectivity index (χ4n) is 1.47. The minimum atomic E-state index is -0.728. The normalized spacial score (nSPS) is 11.3. The highest BCUT2D eigenvalue weighted by Crippen LogP contribution is 2.18. The monoisotopic (exact) mass is 247 g/mol. The number of nitriles is 1. The van der Waals surface area contributed by atoms with Crippen molar-refractivity contribution in [3.8, 4) is 6.07 Å². The van der Waals surface area contributed by atoms with Crippen LogP contribution >= 0.6 is 0 Å². The number of non-ortho nitro benzene ring substituents is 1. The molecule has 0 saturated carbocycles. The Morgan fingerprint density at radius 2 is 2.33 bits per heavy atom. The fraction of sp³-hybridized carbons (Fsp3) is 0.333. The van der Waals surface area contributed by atoms with Gasteiger partial charge in [-0.15, -0.1) is 0 Å². The Labute approximate surface area is 104 Å². The van der Waals surface area contributed by atoms with E-state index in [0.29, 0.717) is 12.1 Å². The maximum Gasteiger partial charge on any atom is 0.271 e. The van der Waals surface area contributed by atoms with Crippen LogP contribution in [0.15, 0.2) is 24.3 Å². The Hall–Kier alpha value is -2.42. The van der Waals surface area contributed by atoms with Crippen LogP contribution in [0, 0.1) is 27.4 Å². The molecule has 94 valence electrons. The van der Waals surface area contributed by atoms with Crippen LogP contribution in [-0.4, -0.2) is 10.8 Å². The van der Waals surface area contributed by atoms with Gasteiger partial charge in [-0.3, -0.25) is 14.9 Å². The number of nitrogens with zero attached hydrogens (tertiary/aromatic N) is 2. The Bertz CT molecular complexity index is 494. The first-order chi connectivity index (χ1) is 8.58. The maximum absolute atomic E-state index is 11.7. The predicted molar refractivity (Wildman–Crippen MR) is 65.7 cm³/mol. The van der Waals surface area contributed by atoms with E-state index in [0.717, 1.165) is 6.42 Å². The van der Waals surface area contributed by atoms with Crippen LogP contribution in [0.25, 0.3) is 0 Å². The zero-order chi connectivity index (χ0) is 13.5. The number of nitrogens with one attached hydrogen (secondary N) is 1. The second kappa shape index (κ2) is 6.35. The van der Waals surface area contributed by atoms with Crippen molar-refractivity contribution in [2.24, 2.45) is 5.92 Å². The molecule has 1 N–H and O–H groups in total. The quantitative estimate of drug-likeness (QED) is 0.638. The molecule has 0 spiro atoms. The van der Waals surface area contributed by atoms with Crippen molar-refractivity contribution in [3.05, 3.63) is 34.4 Å². The van der Waals surface area contributed by atoms with Crippen molar-refractivity contribution in [1.82, 2.24) is 0 Å². The van der Waals surface area contributed by atoms with Crippen molar-refractivity contribution < 1.29 is 9.72 Å². The van der Waals surface area contributed by atoms with E-state index in [1.165, 1.54) is 18.2 Å². The first-order valence-electron chi connectivity index (χ1n) is 5.53. The van der Waals surface area contributed by atoms with Crippen LogP contribution in [0.5, 0.6) is 0 Å². The van der Waals surface area contributed by atoms with Crippen LogP contribution in [0.4, 0.5) is 11.4 Å². The summed E-state index contributed by atoms with van der Waals surface area (Å²) < 4.78 is 0. The summed E-state index contributed by atoms with van der Waals surface area (Å²) in [5.74, 6) is -1.16. The average Bonchev–Trinajstić information content (AvgIpc) is 2.36. The smallest absolute Gasteiger partial charge is 0.271 e. The van der Waals surface area contributed by atoms with Crippen LogP contribution in [0.2, 0.25) is 0 Å². The topological polar surface area (TPSA) is 96.0 Å². The van der Waals surface area contributed by atoms with Gasteiger partial charge >= 0.3 is 0 Å². The van der Waals surface area contributed by atoms with Gasteiger partial charge in [0, 0.05) is 17.8 Å². The number of benzene rings is 1. The molecule has 0 radical (unpaired) electrons. The van der Waals surface area contributed by atoms with E-state index in [1.54, 1.807) is 6.07 Å². The number of anilines is 1.